The molecule has 1 amide bonds. The zero-order chi connectivity index (χ0) is 46.3. The number of anilines is 1. The Morgan fingerprint density at radius 2 is 1.72 bits per heavy atom. The maximum Gasteiger partial charge on any atom is 0.316 e. The summed E-state index contributed by atoms with van der Waals surface area (Å²) in [5.74, 6) is -9.95. The Morgan fingerprint density at radius 1 is 1.02 bits per heavy atom. The van der Waals surface area contributed by atoms with Crippen molar-refractivity contribution in [3.05, 3.63) is 104 Å². The molecule has 2 fully saturated rings. The third-order valence-corrected chi connectivity index (χ3v) is 13.3. The van der Waals surface area contributed by atoms with Crippen molar-refractivity contribution in [3.8, 4) is 23.0 Å². The number of rotatable bonds is 16. The monoisotopic (exact) mass is 952 g/mol. The highest BCUT2D eigenvalue weighted by atomic mass is 35.5. The highest BCUT2D eigenvalue weighted by Gasteiger charge is 2.67. The van der Waals surface area contributed by atoms with Crippen LogP contribution >= 0.6 is 11.6 Å². The van der Waals surface area contributed by atoms with Gasteiger partial charge in [0.15, 0.2) is 5.82 Å². The minimum Gasteiger partial charge on any atom is -0.464 e. The number of carbonyl (C=O) groups is 1. The lowest BCUT2D eigenvalue weighted by Crippen LogP contribution is -2.38. The van der Waals surface area contributed by atoms with E-state index >= 15 is 8.78 Å². The molecule has 4 aromatic heterocycles. The zero-order valence-electron chi connectivity index (χ0n) is 33.5. The maximum absolute atomic E-state index is 15.5. The van der Waals surface area contributed by atoms with E-state index in [4.69, 9.17) is 16.3 Å². The lowest BCUT2D eigenvalue weighted by Gasteiger charge is -2.24. The lowest BCUT2D eigenvalue weighted by molar-refractivity contribution is -0.123. The summed E-state index contributed by atoms with van der Waals surface area (Å²) in [5.41, 5.74) is -3.92. The summed E-state index contributed by atoms with van der Waals surface area (Å²) in [7, 11) is -4.09. The Hall–Kier alpha value is -6.17. The number of alkyl halides is 6. The van der Waals surface area contributed by atoms with Crippen molar-refractivity contribution in [3.63, 3.8) is 0 Å². The number of carbonyl (C=O) groups excluding carboxylic acids is 1. The number of ether oxygens (including phenoxy) is 1. The molecule has 4 heterocycles. The van der Waals surface area contributed by atoms with E-state index in [0.717, 1.165) is 27.4 Å². The molecule has 0 bridgehead atoms. The average molecular weight is 953 g/mol. The van der Waals surface area contributed by atoms with Crippen molar-refractivity contribution < 1.29 is 53.1 Å². The number of sulfonamides is 1. The first kappa shape index (κ1) is 44.1. The van der Waals surface area contributed by atoms with Crippen molar-refractivity contribution in [2.24, 2.45) is 5.92 Å². The minimum absolute atomic E-state index is 0.0463. The van der Waals surface area contributed by atoms with Crippen LogP contribution in [0.15, 0.2) is 53.6 Å². The molecule has 2 aromatic carbocycles. The first-order valence-electron chi connectivity index (χ1n) is 19.9. The summed E-state index contributed by atoms with van der Waals surface area (Å²) in [4.78, 5) is 41.7. The number of halogens is 9. The molecule has 6 aromatic rings. The van der Waals surface area contributed by atoms with E-state index < -0.39 is 118 Å². The van der Waals surface area contributed by atoms with Crippen LogP contribution in [0.2, 0.25) is 5.02 Å². The van der Waals surface area contributed by atoms with Gasteiger partial charge in [-0.25, -0.2) is 49.7 Å². The van der Waals surface area contributed by atoms with Gasteiger partial charge in [-0.2, -0.15) is 19.0 Å². The van der Waals surface area contributed by atoms with Gasteiger partial charge in [-0.1, -0.05) is 11.6 Å². The second kappa shape index (κ2) is 16.4. The second-order valence-electron chi connectivity index (χ2n) is 15.7. The van der Waals surface area contributed by atoms with E-state index in [2.05, 4.69) is 35.2 Å². The van der Waals surface area contributed by atoms with Gasteiger partial charge in [-0.3, -0.25) is 28.2 Å². The van der Waals surface area contributed by atoms with Crippen molar-refractivity contribution in [1.82, 2.24) is 44.4 Å². The number of amides is 1. The number of benzene rings is 2. The molecule has 342 valence electrons. The van der Waals surface area contributed by atoms with Gasteiger partial charge in [-0.05, 0) is 61.9 Å². The first-order valence-corrected chi connectivity index (χ1v) is 21.9. The summed E-state index contributed by atoms with van der Waals surface area (Å²) in [5, 5.41) is 9.17. The molecule has 2 N–H and O–H groups in total. The fourth-order valence-corrected chi connectivity index (χ4v) is 9.85. The topological polar surface area (TPSA) is 181 Å². The number of nitrogens with one attached hydrogen (secondary N) is 2. The maximum atomic E-state index is 15.5. The second-order valence-corrected chi connectivity index (χ2v) is 18.1. The van der Waals surface area contributed by atoms with Crippen LogP contribution in [-0.2, 0) is 40.3 Å². The van der Waals surface area contributed by atoms with Gasteiger partial charge in [0, 0.05) is 48.0 Å². The summed E-state index contributed by atoms with van der Waals surface area (Å²) in [6, 6.07) is 4.01. The highest BCUT2D eigenvalue weighted by Crippen LogP contribution is 2.68. The van der Waals surface area contributed by atoms with E-state index in [9.17, 15) is 44.3 Å². The van der Waals surface area contributed by atoms with Gasteiger partial charge in [0.1, 0.15) is 41.9 Å². The van der Waals surface area contributed by atoms with Crippen LogP contribution in [0.5, 0.6) is 6.01 Å². The fraction of sp³-hybridized carbons (Fsp3) is 0.375. The van der Waals surface area contributed by atoms with Crippen LogP contribution in [0.4, 0.5) is 40.9 Å². The molecule has 3 aliphatic rings. The predicted octanol–water partition coefficient (Wildman–Crippen LogP) is 6.98. The van der Waals surface area contributed by atoms with Crippen LogP contribution < -0.4 is 20.3 Å². The number of fused-ring (bicyclic) bond motifs is 4. The van der Waals surface area contributed by atoms with E-state index in [1.807, 2.05) is 0 Å². The van der Waals surface area contributed by atoms with Crippen molar-refractivity contribution in [1.29, 1.82) is 0 Å². The third kappa shape index (κ3) is 8.25. The number of aromatic nitrogens is 8. The molecule has 15 nitrogen and oxygen atoms in total. The molecule has 0 spiro atoms. The molecule has 0 saturated heterocycles. The summed E-state index contributed by atoms with van der Waals surface area (Å²) >= 11 is 6.61. The molecular weight excluding hydrogens is 920 g/mol. The van der Waals surface area contributed by atoms with Gasteiger partial charge in [0.2, 0.25) is 15.9 Å². The number of nitrogens with zero attached hydrogens (tertiary/aromatic N) is 8. The standard InChI is InChI=1S/C40H33ClF8N10O5S/c1-2-64-39-50-13-18(14-51-39)25-12-30(61)59(27-6-5-24(41)32-34(27)57(15-28(44)45)55-37(32)56-65(62,63)21-3-4-21)38(53-25)26(9-17-7-19(42)10-20(43)8-17)52-29(60)16-58-35-31(33(54-58)36(46)47)22-11-23(22)40(35,48)49/h5-8,10,12-14,21-23,26,28,36H,2-4,9,11,15-16H2,1H3,(H,52,60)(H,55,56)/t22-,23+,26-/m0/s1. The van der Waals surface area contributed by atoms with Crippen molar-refractivity contribution >= 4 is 44.3 Å². The Labute approximate surface area is 366 Å². The zero-order valence-corrected chi connectivity index (χ0v) is 35.0. The van der Waals surface area contributed by atoms with Gasteiger partial charge < -0.3 is 10.1 Å². The number of hydrogen-bond donors (Lipinski definition) is 2. The normalized spacial score (nSPS) is 18.0. The SMILES string of the molecule is CCOc1ncc(-c2cc(=O)n(-c3ccc(Cl)c4c(NS(=O)(=O)C5CC5)nn(CC(F)F)c34)c([C@H](Cc3cc(F)cc(F)c3)NC(=O)Cn3nc(C(F)F)c4c3C(F)(F)[C@@H]3C[C@H]43)n2)cn1. The largest absolute Gasteiger partial charge is 0.464 e. The van der Waals surface area contributed by atoms with Crippen LogP contribution in [-0.4, -0.2) is 71.7 Å². The third-order valence-electron chi connectivity index (χ3n) is 11.2. The molecule has 3 atom stereocenters. The lowest BCUT2D eigenvalue weighted by atomic mass is 10.0. The average Bonchev–Trinajstić information content (AvgIpc) is 4.15. The quantitative estimate of drug-likeness (QED) is 0.0962. The Balaban J connectivity index is 1.24. The summed E-state index contributed by atoms with van der Waals surface area (Å²) in [6.45, 7) is -0.352. The van der Waals surface area contributed by atoms with Crippen LogP contribution in [0.3, 0.4) is 0 Å². The highest BCUT2D eigenvalue weighted by molar-refractivity contribution is 7.93. The molecule has 2 saturated carbocycles. The summed E-state index contributed by atoms with van der Waals surface area (Å²) in [6.07, 6.45) is -3.89. The molecule has 25 heteroatoms. The van der Waals surface area contributed by atoms with Gasteiger partial charge >= 0.3 is 6.01 Å². The van der Waals surface area contributed by atoms with E-state index in [-0.39, 0.29) is 63.0 Å². The fourth-order valence-electron chi connectivity index (χ4n) is 8.27. The molecule has 0 aliphatic heterocycles. The van der Waals surface area contributed by atoms with E-state index in [1.54, 1.807) is 6.92 Å². The number of hydrogen-bond acceptors (Lipinski definition) is 10. The first-order chi connectivity index (χ1) is 30.8. The van der Waals surface area contributed by atoms with Gasteiger partial charge in [-0.15, -0.1) is 0 Å². The Bertz CT molecular complexity index is 3030. The van der Waals surface area contributed by atoms with Crippen molar-refractivity contribution in [2.45, 2.75) is 81.7 Å². The van der Waals surface area contributed by atoms with Crippen LogP contribution in [0, 0.1) is 17.6 Å². The molecule has 0 unspecified atom stereocenters. The Morgan fingerprint density at radius 3 is 2.37 bits per heavy atom. The molecule has 0 radical (unpaired) electrons. The molecular formula is C40H33ClF8N10O5S. The minimum atomic E-state index is -4.09. The Kier molecular flexibility index (Phi) is 11.1. The van der Waals surface area contributed by atoms with Crippen LogP contribution in [0.25, 0.3) is 27.8 Å². The van der Waals surface area contributed by atoms with E-state index in [0.29, 0.717) is 23.6 Å². The molecule has 65 heavy (non-hydrogen) atoms. The van der Waals surface area contributed by atoms with Gasteiger partial charge in [0.25, 0.3) is 24.3 Å². The smallest absolute Gasteiger partial charge is 0.316 e. The van der Waals surface area contributed by atoms with Gasteiger partial charge in [0.05, 0.1) is 45.2 Å². The predicted molar refractivity (Wildman–Crippen MR) is 215 cm³/mol. The van der Waals surface area contributed by atoms with Crippen molar-refractivity contribution in [2.75, 3.05) is 11.3 Å². The molecule has 3 aliphatic carbocycles. The van der Waals surface area contributed by atoms with E-state index in [1.165, 1.54) is 24.5 Å². The van der Waals surface area contributed by atoms with Crippen LogP contribution in [0.1, 0.15) is 72.9 Å². The summed E-state index contributed by atoms with van der Waals surface area (Å²) < 4.78 is 153. The molecule has 9 rings (SSSR count).